The van der Waals surface area contributed by atoms with E-state index in [1.54, 1.807) is 12.1 Å². The highest BCUT2D eigenvalue weighted by molar-refractivity contribution is 7.89. The normalized spacial score (nSPS) is 12.2. The number of hydrogen-bond acceptors (Lipinski definition) is 3. The minimum atomic E-state index is -3.52. The Labute approximate surface area is 142 Å². The lowest BCUT2D eigenvalue weighted by Gasteiger charge is -2.09. The molecule has 0 unspecified atom stereocenters. The van der Waals surface area contributed by atoms with E-state index in [4.69, 9.17) is 0 Å². The van der Waals surface area contributed by atoms with Gasteiger partial charge < -0.3 is 4.98 Å². The third kappa shape index (κ3) is 3.49. The predicted molar refractivity (Wildman–Crippen MR) is 95.4 cm³/mol. The molecule has 3 rings (SSSR count). The summed E-state index contributed by atoms with van der Waals surface area (Å²) in [7, 11) is -3.52. The highest BCUT2D eigenvalue weighted by Crippen LogP contribution is 2.18. The number of imidazole rings is 1. The molecule has 5 nitrogen and oxygen atoms in total. The molecule has 2 N–H and O–H groups in total. The average molecular weight is 343 g/mol. The van der Waals surface area contributed by atoms with E-state index in [9.17, 15) is 8.42 Å². The lowest BCUT2D eigenvalue weighted by Crippen LogP contribution is -2.23. The molecular formula is C18H21N3O2S. The fourth-order valence-electron chi connectivity index (χ4n) is 2.59. The summed E-state index contributed by atoms with van der Waals surface area (Å²) in [6, 6.07) is 12.7. The molecule has 6 heteroatoms. The summed E-state index contributed by atoms with van der Waals surface area (Å²) < 4.78 is 27.5. The number of nitrogens with one attached hydrogen (secondary N) is 2. The molecule has 3 aromatic rings. The van der Waals surface area contributed by atoms with Crippen molar-refractivity contribution in [2.45, 2.75) is 38.1 Å². The summed E-state index contributed by atoms with van der Waals surface area (Å²) in [4.78, 5) is 7.78. The van der Waals surface area contributed by atoms with Gasteiger partial charge in [0.05, 0.1) is 15.9 Å². The van der Waals surface area contributed by atoms with Crippen LogP contribution in [0.1, 0.15) is 36.7 Å². The average Bonchev–Trinajstić information content (AvgIpc) is 2.92. The Morgan fingerprint density at radius 3 is 2.50 bits per heavy atom. The minimum Gasteiger partial charge on any atom is -0.342 e. The Morgan fingerprint density at radius 1 is 1.12 bits per heavy atom. The zero-order valence-corrected chi connectivity index (χ0v) is 14.8. The zero-order valence-electron chi connectivity index (χ0n) is 14.0. The van der Waals surface area contributed by atoms with Crippen molar-refractivity contribution >= 4 is 21.1 Å². The van der Waals surface area contributed by atoms with Crippen LogP contribution in [0.5, 0.6) is 0 Å². The number of rotatable bonds is 5. The van der Waals surface area contributed by atoms with Gasteiger partial charge in [0.1, 0.15) is 5.82 Å². The predicted octanol–water partition coefficient (Wildman–Crippen LogP) is 3.47. The highest BCUT2D eigenvalue weighted by atomic mass is 32.2. The van der Waals surface area contributed by atoms with Gasteiger partial charge in [-0.05, 0) is 48.2 Å². The Kier molecular flexibility index (Phi) is 4.43. The number of aryl methyl sites for hydroxylation is 1. The maximum Gasteiger partial charge on any atom is 0.240 e. The number of benzene rings is 2. The van der Waals surface area contributed by atoms with E-state index < -0.39 is 10.0 Å². The van der Waals surface area contributed by atoms with E-state index in [2.05, 4.69) is 28.5 Å². The van der Waals surface area contributed by atoms with Crippen LogP contribution in [0.2, 0.25) is 0 Å². The summed E-state index contributed by atoms with van der Waals surface area (Å²) in [6.45, 7) is 6.29. The van der Waals surface area contributed by atoms with E-state index in [1.165, 1.54) is 0 Å². The van der Waals surface area contributed by atoms with Crippen LogP contribution in [0.15, 0.2) is 47.4 Å². The molecule has 0 amide bonds. The van der Waals surface area contributed by atoms with Gasteiger partial charge in [-0.3, -0.25) is 0 Å². The van der Waals surface area contributed by atoms with Gasteiger partial charge in [0.25, 0.3) is 0 Å². The second kappa shape index (κ2) is 6.37. The molecule has 126 valence electrons. The Morgan fingerprint density at radius 2 is 1.83 bits per heavy atom. The highest BCUT2D eigenvalue weighted by Gasteiger charge is 2.14. The molecule has 1 heterocycles. The number of sulfonamides is 1. The van der Waals surface area contributed by atoms with E-state index in [1.807, 2.05) is 37.3 Å². The molecule has 0 atom stereocenters. The SMILES string of the molecule is Cc1nc2ccc(CNS(=O)(=O)c3ccc(C(C)C)cc3)cc2[nH]1. The van der Waals surface area contributed by atoms with Crippen LogP contribution < -0.4 is 4.72 Å². The second-order valence-electron chi connectivity index (χ2n) is 6.22. The Hall–Kier alpha value is -2.18. The number of H-pyrrole nitrogens is 1. The van der Waals surface area contributed by atoms with Crippen LogP contribution in [-0.4, -0.2) is 18.4 Å². The van der Waals surface area contributed by atoms with Gasteiger partial charge in [0.15, 0.2) is 0 Å². The van der Waals surface area contributed by atoms with E-state index in [-0.39, 0.29) is 11.4 Å². The molecule has 0 aliphatic rings. The van der Waals surface area contributed by atoms with Crippen LogP contribution in [0.3, 0.4) is 0 Å². The molecule has 0 bridgehead atoms. The zero-order chi connectivity index (χ0) is 17.3. The van der Waals surface area contributed by atoms with E-state index in [0.717, 1.165) is 28.0 Å². The number of hydrogen-bond donors (Lipinski definition) is 2. The van der Waals surface area contributed by atoms with Crippen LogP contribution in [-0.2, 0) is 16.6 Å². The number of fused-ring (bicyclic) bond motifs is 1. The van der Waals surface area contributed by atoms with Crippen LogP contribution in [0, 0.1) is 6.92 Å². The van der Waals surface area contributed by atoms with Crippen molar-refractivity contribution in [3.05, 3.63) is 59.4 Å². The third-order valence-corrected chi connectivity index (χ3v) is 5.41. The van der Waals surface area contributed by atoms with Gasteiger partial charge in [-0.25, -0.2) is 18.1 Å². The third-order valence-electron chi connectivity index (χ3n) is 3.99. The van der Waals surface area contributed by atoms with Crippen molar-refractivity contribution in [2.24, 2.45) is 0 Å². The van der Waals surface area contributed by atoms with Crippen molar-refractivity contribution < 1.29 is 8.42 Å². The molecule has 24 heavy (non-hydrogen) atoms. The Bertz CT molecular complexity index is 958. The molecule has 0 radical (unpaired) electrons. The first kappa shape index (κ1) is 16.7. The van der Waals surface area contributed by atoms with E-state index in [0.29, 0.717) is 5.92 Å². The monoisotopic (exact) mass is 343 g/mol. The van der Waals surface area contributed by atoms with Crippen LogP contribution in [0.25, 0.3) is 11.0 Å². The molecule has 0 saturated carbocycles. The van der Waals surface area contributed by atoms with Gasteiger partial charge in [-0.1, -0.05) is 32.0 Å². The molecule has 1 aromatic heterocycles. The van der Waals surface area contributed by atoms with Crippen molar-refractivity contribution in [3.63, 3.8) is 0 Å². The summed E-state index contributed by atoms with van der Waals surface area (Å²) in [5.41, 5.74) is 3.79. The topological polar surface area (TPSA) is 74.8 Å². The maximum atomic E-state index is 12.4. The molecule has 0 aliphatic carbocycles. The fourth-order valence-corrected chi connectivity index (χ4v) is 3.61. The summed E-state index contributed by atoms with van der Waals surface area (Å²) >= 11 is 0. The first-order valence-corrected chi connectivity index (χ1v) is 9.38. The maximum absolute atomic E-state index is 12.4. The number of nitrogens with zero attached hydrogens (tertiary/aromatic N) is 1. The molecule has 0 spiro atoms. The van der Waals surface area contributed by atoms with Crippen molar-refractivity contribution in [1.82, 2.24) is 14.7 Å². The molecule has 0 aliphatic heterocycles. The van der Waals surface area contributed by atoms with Gasteiger partial charge in [0, 0.05) is 6.54 Å². The second-order valence-corrected chi connectivity index (χ2v) is 7.99. The van der Waals surface area contributed by atoms with Gasteiger partial charge in [-0.15, -0.1) is 0 Å². The lowest BCUT2D eigenvalue weighted by molar-refractivity contribution is 0.581. The molecule has 2 aromatic carbocycles. The Balaban J connectivity index is 1.75. The summed E-state index contributed by atoms with van der Waals surface area (Å²) in [5, 5.41) is 0. The lowest BCUT2D eigenvalue weighted by atomic mass is 10.0. The summed E-state index contributed by atoms with van der Waals surface area (Å²) in [6.07, 6.45) is 0. The molecular weight excluding hydrogens is 322 g/mol. The number of aromatic amines is 1. The summed E-state index contributed by atoms with van der Waals surface area (Å²) in [5.74, 6) is 1.22. The van der Waals surface area contributed by atoms with Gasteiger partial charge >= 0.3 is 0 Å². The van der Waals surface area contributed by atoms with Crippen molar-refractivity contribution in [3.8, 4) is 0 Å². The quantitative estimate of drug-likeness (QED) is 0.745. The van der Waals surface area contributed by atoms with Crippen LogP contribution >= 0.6 is 0 Å². The van der Waals surface area contributed by atoms with Gasteiger partial charge in [0.2, 0.25) is 10.0 Å². The number of aromatic nitrogens is 2. The van der Waals surface area contributed by atoms with Crippen molar-refractivity contribution in [2.75, 3.05) is 0 Å². The molecule has 0 saturated heterocycles. The van der Waals surface area contributed by atoms with Gasteiger partial charge in [-0.2, -0.15) is 0 Å². The largest absolute Gasteiger partial charge is 0.342 e. The first-order chi connectivity index (χ1) is 11.3. The minimum absolute atomic E-state index is 0.238. The van der Waals surface area contributed by atoms with E-state index >= 15 is 0 Å². The van der Waals surface area contributed by atoms with Crippen molar-refractivity contribution in [1.29, 1.82) is 0 Å². The first-order valence-electron chi connectivity index (χ1n) is 7.90. The molecule has 0 fully saturated rings. The fraction of sp³-hybridized carbons (Fsp3) is 0.278. The smallest absolute Gasteiger partial charge is 0.240 e. The standard InChI is InChI=1S/C18H21N3O2S/c1-12(2)15-5-7-16(8-6-15)24(22,23)19-11-14-4-9-17-18(10-14)21-13(3)20-17/h4-10,12,19H,11H2,1-3H3,(H,20,21). The van der Waals surface area contributed by atoms with Crippen LogP contribution in [0.4, 0.5) is 0 Å².